The minimum atomic E-state index is -1.34. The fourth-order valence-electron chi connectivity index (χ4n) is 1.61. The summed E-state index contributed by atoms with van der Waals surface area (Å²) in [5.41, 5.74) is -0.154. The van der Waals surface area contributed by atoms with Gasteiger partial charge in [0.05, 0.1) is 16.0 Å². The molecule has 1 aromatic carbocycles. The zero-order valence-electron chi connectivity index (χ0n) is 9.36. The predicted octanol–water partition coefficient (Wildman–Crippen LogP) is 4.17. The molecule has 0 spiro atoms. The lowest BCUT2D eigenvalue weighted by Crippen LogP contribution is -2.12. The lowest BCUT2D eigenvalue weighted by molar-refractivity contribution is 0.0981. The Morgan fingerprint density at radius 1 is 1.37 bits per heavy atom. The van der Waals surface area contributed by atoms with E-state index in [1.807, 2.05) is 0 Å². The van der Waals surface area contributed by atoms with Crippen LogP contribution in [0.2, 0.25) is 5.02 Å². The van der Waals surface area contributed by atoms with Gasteiger partial charge in [-0.2, -0.15) is 5.26 Å². The number of rotatable bonds is 3. The van der Waals surface area contributed by atoms with Crippen LogP contribution in [-0.4, -0.2) is 5.78 Å². The first-order valence-corrected chi connectivity index (χ1v) is 6.42. The van der Waals surface area contributed by atoms with Gasteiger partial charge in [0.1, 0.15) is 17.6 Å². The van der Waals surface area contributed by atoms with Crippen LogP contribution in [0.25, 0.3) is 0 Å². The molecule has 1 unspecified atom stereocenters. The molecule has 19 heavy (non-hydrogen) atoms. The van der Waals surface area contributed by atoms with E-state index in [2.05, 4.69) is 0 Å². The molecule has 1 heterocycles. The Hall–Kier alpha value is -1.77. The van der Waals surface area contributed by atoms with Gasteiger partial charge >= 0.3 is 0 Å². The maximum absolute atomic E-state index is 13.6. The minimum absolute atomic E-state index is 0.154. The van der Waals surface area contributed by atoms with Crippen molar-refractivity contribution in [3.63, 3.8) is 0 Å². The number of benzene rings is 1. The summed E-state index contributed by atoms with van der Waals surface area (Å²) >= 11 is 6.89. The van der Waals surface area contributed by atoms with Crippen LogP contribution in [0, 0.1) is 23.0 Å². The van der Waals surface area contributed by atoms with Crippen LogP contribution in [-0.2, 0) is 0 Å². The first-order chi connectivity index (χ1) is 9.04. The van der Waals surface area contributed by atoms with Crippen LogP contribution in [0.4, 0.5) is 8.78 Å². The van der Waals surface area contributed by atoms with Gasteiger partial charge in [-0.25, -0.2) is 8.78 Å². The van der Waals surface area contributed by atoms with Gasteiger partial charge in [0.2, 0.25) is 0 Å². The summed E-state index contributed by atoms with van der Waals surface area (Å²) in [5.74, 6) is -3.61. The fraction of sp³-hybridized carbons (Fsp3) is 0.0769. The van der Waals surface area contributed by atoms with Crippen molar-refractivity contribution >= 4 is 28.7 Å². The van der Waals surface area contributed by atoms with Crippen LogP contribution in [0.3, 0.4) is 0 Å². The van der Waals surface area contributed by atoms with Crippen molar-refractivity contribution in [2.24, 2.45) is 0 Å². The Balaban J connectivity index is 2.44. The largest absolute Gasteiger partial charge is 0.291 e. The lowest BCUT2D eigenvalue weighted by atomic mass is 9.94. The number of nitriles is 1. The molecule has 2 rings (SSSR count). The van der Waals surface area contributed by atoms with Crippen molar-refractivity contribution in [1.82, 2.24) is 0 Å². The van der Waals surface area contributed by atoms with Crippen molar-refractivity contribution in [1.29, 1.82) is 5.26 Å². The van der Waals surface area contributed by atoms with Crippen molar-refractivity contribution < 1.29 is 13.6 Å². The monoisotopic (exact) mass is 297 g/mol. The molecule has 0 aliphatic rings. The number of carbonyl (C=O) groups excluding carboxylic acids is 1. The maximum atomic E-state index is 13.6. The molecule has 0 aliphatic heterocycles. The van der Waals surface area contributed by atoms with Gasteiger partial charge in [-0.15, -0.1) is 11.3 Å². The van der Waals surface area contributed by atoms with Crippen LogP contribution < -0.4 is 0 Å². The highest BCUT2D eigenvalue weighted by Gasteiger charge is 2.27. The second-order valence-corrected chi connectivity index (χ2v) is 5.01. The highest BCUT2D eigenvalue weighted by Crippen LogP contribution is 2.30. The summed E-state index contributed by atoms with van der Waals surface area (Å²) in [6.45, 7) is 0. The summed E-state index contributed by atoms with van der Waals surface area (Å²) in [6.07, 6.45) is 0. The quantitative estimate of drug-likeness (QED) is 0.798. The van der Waals surface area contributed by atoms with E-state index in [1.54, 1.807) is 11.4 Å². The van der Waals surface area contributed by atoms with Gasteiger partial charge in [-0.3, -0.25) is 4.79 Å². The highest BCUT2D eigenvalue weighted by atomic mass is 35.5. The standard InChI is InChI=1S/C13H6ClF2NOS/c14-10-3-4-19-13(10)12(18)9(6-17)8-2-1-7(15)5-11(8)16/h1-5,9H. The number of hydrogen-bond donors (Lipinski definition) is 0. The second-order valence-electron chi connectivity index (χ2n) is 3.69. The van der Waals surface area contributed by atoms with E-state index in [9.17, 15) is 13.6 Å². The van der Waals surface area contributed by atoms with Crippen LogP contribution in [0.15, 0.2) is 29.6 Å². The van der Waals surface area contributed by atoms with E-state index in [-0.39, 0.29) is 15.5 Å². The smallest absolute Gasteiger partial charge is 0.195 e. The zero-order chi connectivity index (χ0) is 14.0. The molecule has 0 amide bonds. The molecule has 6 heteroatoms. The number of carbonyl (C=O) groups is 1. The number of nitrogens with zero attached hydrogens (tertiary/aromatic N) is 1. The molecule has 0 saturated carbocycles. The van der Waals surface area contributed by atoms with Crippen molar-refractivity contribution in [2.75, 3.05) is 0 Å². The molecule has 2 aromatic rings. The maximum Gasteiger partial charge on any atom is 0.195 e. The van der Waals surface area contributed by atoms with Crippen LogP contribution in [0.1, 0.15) is 21.2 Å². The van der Waals surface area contributed by atoms with Crippen LogP contribution in [0.5, 0.6) is 0 Å². The molecule has 96 valence electrons. The number of halogens is 3. The summed E-state index contributed by atoms with van der Waals surface area (Å²) in [4.78, 5) is 12.3. The van der Waals surface area contributed by atoms with Crippen molar-refractivity contribution in [2.45, 2.75) is 5.92 Å². The Morgan fingerprint density at radius 3 is 2.63 bits per heavy atom. The zero-order valence-corrected chi connectivity index (χ0v) is 10.9. The Labute approximate surface area is 116 Å². The molecular weight excluding hydrogens is 292 g/mol. The molecule has 0 N–H and O–H groups in total. The van der Waals surface area contributed by atoms with E-state index in [0.717, 1.165) is 23.5 Å². The fourth-order valence-corrected chi connectivity index (χ4v) is 2.72. The number of hydrogen-bond acceptors (Lipinski definition) is 3. The normalized spacial score (nSPS) is 11.9. The van der Waals surface area contributed by atoms with Gasteiger partial charge in [-0.1, -0.05) is 17.7 Å². The van der Waals surface area contributed by atoms with E-state index < -0.39 is 23.3 Å². The predicted molar refractivity (Wildman–Crippen MR) is 68.4 cm³/mol. The van der Waals surface area contributed by atoms with Gasteiger partial charge in [0.25, 0.3) is 0 Å². The van der Waals surface area contributed by atoms with Crippen molar-refractivity contribution in [3.8, 4) is 6.07 Å². The third-order valence-corrected chi connectivity index (χ3v) is 3.86. The van der Waals surface area contributed by atoms with E-state index >= 15 is 0 Å². The second kappa shape index (κ2) is 5.47. The SMILES string of the molecule is N#CC(C(=O)c1sccc1Cl)c1ccc(F)cc1F. The van der Waals surface area contributed by atoms with Gasteiger partial charge in [-0.05, 0) is 17.5 Å². The highest BCUT2D eigenvalue weighted by molar-refractivity contribution is 7.12. The van der Waals surface area contributed by atoms with Gasteiger partial charge in [0.15, 0.2) is 5.78 Å². The van der Waals surface area contributed by atoms with E-state index in [4.69, 9.17) is 16.9 Å². The van der Waals surface area contributed by atoms with Gasteiger partial charge in [0, 0.05) is 11.6 Å². The number of Topliss-reactive ketones (excluding diaryl/α,β-unsaturated/α-hetero) is 1. The average molecular weight is 298 g/mol. The first kappa shape index (κ1) is 13.7. The molecule has 1 aromatic heterocycles. The number of ketones is 1. The molecule has 0 saturated heterocycles. The summed E-state index contributed by atoms with van der Waals surface area (Å²) < 4.78 is 26.4. The average Bonchev–Trinajstić information content (AvgIpc) is 2.78. The first-order valence-electron chi connectivity index (χ1n) is 5.16. The van der Waals surface area contributed by atoms with Gasteiger partial charge < -0.3 is 0 Å². The third kappa shape index (κ3) is 2.65. The molecule has 0 fully saturated rings. The lowest BCUT2D eigenvalue weighted by Gasteiger charge is -2.08. The Morgan fingerprint density at radius 2 is 2.11 bits per heavy atom. The molecule has 0 radical (unpaired) electrons. The topological polar surface area (TPSA) is 40.9 Å². The van der Waals surface area contributed by atoms with Crippen molar-refractivity contribution in [3.05, 3.63) is 56.7 Å². The van der Waals surface area contributed by atoms with E-state index in [0.29, 0.717) is 6.07 Å². The summed E-state index contributed by atoms with van der Waals surface area (Å²) in [5, 5.41) is 10.9. The molecule has 2 nitrogen and oxygen atoms in total. The molecular formula is C13H6ClF2NOS. The number of thiophene rings is 1. The Bertz CT molecular complexity index is 678. The summed E-state index contributed by atoms with van der Waals surface area (Å²) in [6, 6.07) is 6.00. The minimum Gasteiger partial charge on any atom is -0.291 e. The molecule has 0 aliphatic carbocycles. The van der Waals surface area contributed by atoms with E-state index in [1.165, 1.54) is 6.07 Å². The summed E-state index contributed by atoms with van der Waals surface area (Å²) in [7, 11) is 0. The third-order valence-electron chi connectivity index (χ3n) is 2.51. The van der Waals surface area contributed by atoms with Crippen LogP contribution >= 0.6 is 22.9 Å². The Kier molecular flexibility index (Phi) is 3.93. The molecule has 0 bridgehead atoms. The molecule has 1 atom stereocenters.